The fourth-order valence-electron chi connectivity index (χ4n) is 4.81. The minimum Gasteiger partial charge on any atom is -0.311 e. The van der Waals surface area contributed by atoms with E-state index >= 15 is 0 Å². The van der Waals surface area contributed by atoms with Crippen LogP contribution in [-0.2, 0) is 12.8 Å². The number of nitrogens with one attached hydrogen (secondary N) is 1. The second-order valence-electron chi connectivity index (χ2n) is 8.63. The molecule has 1 saturated heterocycles. The average molecular weight is 396 g/mol. The van der Waals surface area contributed by atoms with E-state index in [9.17, 15) is 0 Å². The Morgan fingerprint density at radius 1 is 0.700 bits per heavy atom. The van der Waals surface area contributed by atoms with Gasteiger partial charge in [-0.05, 0) is 86.1 Å². The molecule has 0 radical (unpaired) electrons. The van der Waals surface area contributed by atoms with Crippen molar-refractivity contribution in [1.82, 2.24) is 15.3 Å². The van der Waals surface area contributed by atoms with E-state index in [2.05, 4.69) is 63.8 Å². The van der Waals surface area contributed by atoms with Gasteiger partial charge in [0.1, 0.15) is 0 Å². The molecule has 2 atom stereocenters. The molecule has 0 spiro atoms. The van der Waals surface area contributed by atoms with Crippen LogP contribution in [-0.4, -0.2) is 22.1 Å². The summed E-state index contributed by atoms with van der Waals surface area (Å²) in [6.07, 6.45) is 12.4. The number of hydrogen-bond acceptors (Lipinski definition) is 3. The minimum atomic E-state index is 0.633. The van der Waals surface area contributed by atoms with Gasteiger partial charge in [-0.3, -0.25) is 9.97 Å². The molecule has 1 N–H and O–H groups in total. The number of hydrogen-bond donors (Lipinski definition) is 1. The number of aromatic nitrogens is 2. The van der Waals surface area contributed by atoms with Gasteiger partial charge in [0.2, 0.25) is 0 Å². The number of pyridine rings is 2. The fraction of sp³-hybridized carbons (Fsp3) is 0.333. The average Bonchev–Trinajstić information content (AvgIpc) is 2.81. The molecule has 2 aromatic heterocycles. The molecule has 2 aromatic carbocycles. The van der Waals surface area contributed by atoms with E-state index < -0.39 is 0 Å². The number of aryl methyl sites for hydroxylation is 2. The number of piperidine rings is 1. The summed E-state index contributed by atoms with van der Waals surface area (Å²) in [5.74, 6) is 0. The molecule has 2 unspecified atom stereocenters. The summed E-state index contributed by atoms with van der Waals surface area (Å²) in [6.45, 7) is 0. The third-order valence-electron chi connectivity index (χ3n) is 6.47. The Labute approximate surface area is 178 Å². The molecule has 3 heterocycles. The molecule has 1 fully saturated rings. The monoisotopic (exact) mass is 395 g/mol. The Kier molecular flexibility index (Phi) is 5.71. The standard InChI is InChI=1S/C27H29N3/c1-6-24(12-8-20-10-14-26-22(18-20)4-2-16-28-26)30-25(7-1)13-9-21-11-15-27-23(19-21)5-3-17-29-27/h2-5,10-11,14-19,24-25,30H,1,6-9,12-13H2. The highest BCUT2D eigenvalue weighted by Crippen LogP contribution is 2.22. The quantitative estimate of drug-likeness (QED) is 0.444. The van der Waals surface area contributed by atoms with Gasteiger partial charge in [-0.2, -0.15) is 0 Å². The van der Waals surface area contributed by atoms with Gasteiger partial charge in [-0.15, -0.1) is 0 Å². The summed E-state index contributed by atoms with van der Waals surface area (Å²) in [5.41, 5.74) is 5.01. The van der Waals surface area contributed by atoms with Gasteiger partial charge in [0.15, 0.2) is 0 Å². The highest BCUT2D eigenvalue weighted by Gasteiger charge is 2.20. The predicted octanol–water partition coefficient (Wildman–Crippen LogP) is 5.86. The van der Waals surface area contributed by atoms with Gasteiger partial charge >= 0.3 is 0 Å². The summed E-state index contributed by atoms with van der Waals surface area (Å²) in [6, 6.07) is 23.0. The molecule has 1 aliphatic heterocycles. The van der Waals surface area contributed by atoms with Crippen molar-refractivity contribution in [3.63, 3.8) is 0 Å². The fourth-order valence-corrected chi connectivity index (χ4v) is 4.81. The molecule has 152 valence electrons. The Morgan fingerprint density at radius 2 is 1.23 bits per heavy atom. The normalized spacial score (nSPS) is 19.3. The summed E-state index contributed by atoms with van der Waals surface area (Å²) in [4.78, 5) is 8.86. The van der Waals surface area contributed by atoms with Crippen LogP contribution in [0.25, 0.3) is 21.8 Å². The Hall–Kier alpha value is -2.78. The van der Waals surface area contributed by atoms with Gasteiger partial charge in [-0.25, -0.2) is 0 Å². The van der Waals surface area contributed by atoms with Crippen molar-refractivity contribution in [3.8, 4) is 0 Å². The zero-order valence-corrected chi connectivity index (χ0v) is 17.4. The lowest BCUT2D eigenvalue weighted by molar-refractivity contribution is 0.297. The highest BCUT2D eigenvalue weighted by atomic mass is 15.0. The SMILES string of the molecule is c1cnc2ccc(CCC3CCCC(CCc4ccc5ncccc5c4)N3)cc2c1. The molecule has 0 aliphatic carbocycles. The number of nitrogens with zero attached hydrogens (tertiary/aromatic N) is 2. The van der Waals surface area contributed by atoms with E-state index in [-0.39, 0.29) is 0 Å². The zero-order chi connectivity index (χ0) is 20.2. The van der Waals surface area contributed by atoms with Crippen molar-refractivity contribution in [1.29, 1.82) is 0 Å². The lowest BCUT2D eigenvalue weighted by atomic mass is 9.91. The first kappa shape index (κ1) is 19.2. The smallest absolute Gasteiger partial charge is 0.0702 e. The van der Waals surface area contributed by atoms with Crippen LogP contribution in [0, 0.1) is 0 Å². The number of fused-ring (bicyclic) bond motifs is 2. The maximum absolute atomic E-state index is 4.43. The van der Waals surface area contributed by atoms with Crippen LogP contribution in [0.1, 0.15) is 43.2 Å². The third-order valence-corrected chi connectivity index (χ3v) is 6.47. The van der Waals surface area contributed by atoms with Gasteiger partial charge in [0.25, 0.3) is 0 Å². The summed E-state index contributed by atoms with van der Waals surface area (Å²) in [5, 5.41) is 6.43. The van der Waals surface area contributed by atoms with Crippen LogP contribution >= 0.6 is 0 Å². The van der Waals surface area contributed by atoms with E-state index in [4.69, 9.17) is 0 Å². The molecule has 3 heteroatoms. The first-order chi connectivity index (χ1) is 14.8. The molecule has 3 nitrogen and oxygen atoms in total. The van der Waals surface area contributed by atoms with Gasteiger partial charge in [0, 0.05) is 35.2 Å². The van der Waals surface area contributed by atoms with E-state index in [1.54, 1.807) is 0 Å². The van der Waals surface area contributed by atoms with Crippen molar-refractivity contribution in [2.45, 2.75) is 57.0 Å². The van der Waals surface area contributed by atoms with Crippen molar-refractivity contribution >= 4 is 21.8 Å². The van der Waals surface area contributed by atoms with Gasteiger partial charge < -0.3 is 5.32 Å². The van der Waals surface area contributed by atoms with Crippen molar-refractivity contribution < 1.29 is 0 Å². The molecule has 0 bridgehead atoms. The van der Waals surface area contributed by atoms with Gasteiger partial charge in [-0.1, -0.05) is 30.7 Å². The third kappa shape index (κ3) is 4.52. The molecular formula is C27H29N3. The first-order valence-electron chi connectivity index (χ1n) is 11.3. The molecule has 0 saturated carbocycles. The lowest BCUT2D eigenvalue weighted by Gasteiger charge is -2.31. The minimum absolute atomic E-state index is 0.633. The molecule has 5 rings (SSSR count). The molecule has 4 aromatic rings. The topological polar surface area (TPSA) is 37.8 Å². The second kappa shape index (κ2) is 8.93. The second-order valence-corrected chi connectivity index (χ2v) is 8.63. The highest BCUT2D eigenvalue weighted by molar-refractivity contribution is 5.79. The Morgan fingerprint density at radius 3 is 1.77 bits per heavy atom. The van der Waals surface area contributed by atoms with Crippen molar-refractivity contribution in [3.05, 3.63) is 84.2 Å². The van der Waals surface area contributed by atoms with Gasteiger partial charge in [0.05, 0.1) is 11.0 Å². The number of benzene rings is 2. The van der Waals surface area contributed by atoms with E-state index in [1.807, 2.05) is 24.5 Å². The zero-order valence-electron chi connectivity index (χ0n) is 17.4. The van der Waals surface area contributed by atoms with Crippen LogP contribution in [0.2, 0.25) is 0 Å². The maximum atomic E-state index is 4.43. The van der Waals surface area contributed by atoms with Crippen LogP contribution in [0.3, 0.4) is 0 Å². The largest absolute Gasteiger partial charge is 0.311 e. The Balaban J connectivity index is 1.15. The molecule has 30 heavy (non-hydrogen) atoms. The predicted molar refractivity (Wildman–Crippen MR) is 125 cm³/mol. The summed E-state index contributed by atoms with van der Waals surface area (Å²) < 4.78 is 0. The molecular weight excluding hydrogens is 366 g/mol. The summed E-state index contributed by atoms with van der Waals surface area (Å²) in [7, 11) is 0. The first-order valence-corrected chi connectivity index (χ1v) is 11.3. The lowest BCUT2D eigenvalue weighted by Crippen LogP contribution is -2.42. The van der Waals surface area contributed by atoms with Crippen LogP contribution in [0.5, 0.6) is 0 Å². The van der Waals surface area contributed by atoms with Crippen molar-refractivity contribution in [2.75, 3.05) is 0 Å². The number of rotatable bonds is 6. The maximum Gasteiger partial charge on any atom is 0.0702 e. The Bertz CT molecular complexity index is 1050. The molecule has 1 aliphatic rings. The van der Waals surface area contributed by atoms with E-state index in [1.165, 1.54) is 54.0 Å². The van der Waals surface area contributed by atoms with Crippen LogP contribution < -0.4 is 5.32 Å². The van der Waals surface area contributed by atoms with Crippen molar-refractivity contribution in [2.24, 2.45) is 0 Å². The van der Waals surface area contributed by atoms with E-state index in [0.717, 1.165) is 23.9 Å². The van der Waals surface area contributed by atoms with E-state index in [0.29, 0.717) is 12.1 Å². The summed E-state index contributed by atoms with van der Waals surface area (Å²) >= 11 is 0. The van der Waals surface area contributed by atoms with Crippen LogP contribution in [0.15, 0.2) is 73.1 Å². The van der Waals surface area contributed by atoms with Crippen LogP contribution in [0.4, 0.5) is 0 Å². The molecule has 0 amide bonds.